The molecule has 1 aromatic heterocycles. The molecule has 1 saturated heterocycles. The van der Waals surface area contributed by atoms with Crippen LogP contribution in [0.1, 0.15) is 32.4 Å². The average molecular weight is 332 g/mol. The molecule has 0 spiro atoms. The number of carbonyl (C=O) groups is 1. The number of furan rings is 1. The zero-order valence-corrected chi connectivity index (χ0v) is 12.8. The van der Waals surface area contributed by atoms with Gasteiger partial charge in [-0.05, 0) is 42.8 Å². The van der Waals surface area contributed by atoms with Crippen LogP contribution in [0.4, 0.5) is 4.79 Å². The van der Waals surface area contributed by atoms with Crippen LogP contribution < -0.4 is 0 Å². The van der Waals surface area contributed by atoms with Crippen LogP contribution in [-0.2, 0) is 4.74 Å². The predicted octanol–water partition coefficient (Wildman–Crippen LogP) is 2.74. The van der Waals surface area contributed by atoms with Gasteiger partial charge in [-0.15, -0.1) is 0 Å². The van der Waals surface area contributed by atoms with Crippen molar-refractivity contribution in [3.8, 4) is 0 Å². The summed E-state index contributed by atoms with van der Waals surface area (Å²) in [6.45, 7) is 6.10. The largest absolute Gasteiger partial charge is 0.468 e. The number of ether oxygens (including phenoxy) is 1. The molecule has 1 amide bonds. The van der Waals surface area contributed by atoms with Crippen LogP contribution in [0.15, 0.2) is 21.2 Å². The van der Waals surface area contributed by atoms with E-state index in [9.17, 15) is 9.90 Å². The van der Waals surface area contributed by atoms with E-state index in [1.54, 1.807) is 12.3 Å². The Morgan fingerprint density at radius 3 is 2.74 bits per heavy atom. The monoisotopic (exact) mass is 331 g/mol. The summed E-state index contributed by atoms with van der Waals surface area (Å²) in [5.74, 6) is 0.440. The van der Waals surface area contributed by atoms with Gasteiger partial charge in [-0.1, -0.05) is 0 Å². The van der Waals surface area contributed by atoms with E-state index in [1.807, 2.05) is 20.8 Å². The molecule has 106 valence electrons. The molecule has 2 atom stereocenters. The Morgan fingerprint density at radius 2 is 2.21 bits per heavy atom. The molecule has 1 fully saturated rings. The number of hydrogen-bond acceptors (Lipinski definition) is 4. The van der Waals surface area contributed by atoms with Crippen molar-refractivity contribution in [2.45, 2.75) is 38.4 Å². The molecule has 2 rings (SSSR count). The fraction of sp³-hybridized carbons (Fsp3) is 0.615. The molecule has 0 aromatic carbocycles. The number of aliphatic hydroxyl groups excluding tert-OH is 1. The van der Waals surface area contributed by atoms with Crippen LogP contribution in [0, 0.1) is 0 Å². The summed E-state index contributed by atoms with van der Waals surface area (Å²) in [7, 11) is 0. The number of carbonyl (C=O) groups excluding carboxylic acids is 1. The van der Waals surface area contributed by atoms with E-state index >= 15 is 0 Å². The number of likely N-dealkylation sites (tertiary alicyclic amines) is 1. The number of hydrogen-bond donors (Lipinski definition) is 1. The van der Waals surface area contributed by atoms with Crippen LogP contribution in [-0.4, -0.2) is 40.9 Å². The van der Waals surface area contributed by atoms with E-state index in [1.165, 1.54) is 4.90 Å². The number of aliphatic hydroxyl groups is 1. The first-order valence-corrected chi connectivity index (χ1v) is 6.96. The van der Waals surface area contributed by atoms with Crippen LogP contribution in [0.25, 0.3) is 0 Å². The minimum atomic E-state index is -0.644. The number of nitrogens with zero attached hydrogens (tertiary/aromatic N) is 1. The Hall–Kier alpha value is -1.01. The Kier molecular flexibility index (Phi) is 3.92. The fourth-order valence-corrected chi connectivity index (χ4v) is 2.59. The van der Waals surface area contributed by atoms with Crippen LogP contribution >= 0.6 is 15.9 Å². The van der Waals surface area contributed by atoms with E-state index in [2.05, 4.69) is 15.9 Å². The Morgan fingerprint density at radius 1 is 1.53 bits per heavy atom. The van der Waals surface area contributed by atoms with Crippen molar-refractivity contribution in [1.29, 1.82) is 0 Å². The quantitative estimate of drug-likeness (QED) is 0.859. The molecule has 1 aromatic rings. The van der Waals surface area contributed by atoms with Gasteiger partial charge in [-0.2, -0.15) is 0 Å². The standard InChI is InChI=1S/C13H18BrNO4/c1-13(2,3)19-12(17)15-6-8(10(16)7-15)11-9(14)4-5-18-11/h4-5,8,10,16H,6-7H2,1-3H3/t8-,10-/m0/s1. The molecular formula is C13H18BrNO4. The van der Waals surface area contributed by atoms with E-state index in [0.29, 0.717) is 12.3 Å². The highest BCUT2D eigenvalue weighted by Crippen LogP contribution is 2.33. The molecule has 6 heteroatoms. The summed E-state index contributed by atoms with van der Waals surface area (Å²) in [6.07, 6.45) is 0.508. The topological polar surface area (TPSA) is 62.9 Å². The summed E-state index contributed by atoms with van der Waals surface area (Å²) in [6, 6.07) is 1.78. The molecule has 0 saturated carbocycles. The third kappa shape index (κ3) is 3.30. The van der Waals surface area contributed by atoms with Gasteiger partial charge in [0.05, 0.1) is 29.3 Å². The Labute approximate surface area is 120 Å². The third-order valence-corrected chi connectivity index (χ3v) is 3.58. The lowest BCUT2D eigenvalue weighted by atomic mass is 10.0. The van der Waals surface area contributed by atoms with Gasteiger partial charge in [-0.25, -0.2) is 4.79 Å². The molecule has 0 aliphatic carbocycles. The van der Waals surface area contributed by atoms with Crippen molar-refractivity contribution in [3.05, 3.63) is 22.6 Å². The highest BCUT2D eigenvalue weighted by molar-refractivity contribution is 9.10. The van der Waals surface area contributed by atoms with Crippen molar-refractivity contribution in [2.24, 2.45) is 0 Å². The molecule has 1 aliphatic heterocycles. The molecule has 5 nitrogen and oxygen atoms in total. The molecule has 0 unspecified atom stereocenters. The summed E-state index contributed by atoms with van der Waals surface area (Å²) in [4.78, 5) is 13.5. The first-order chi connectivity index (χ1) is 8.78. The van der Waals surface area contributed by atoms with Gasteiger partial charge in [0.2, 0.25) is 0 Å². The highest BCUT2D eigenvalue weighted by atomic mass is 79.9. The second-order valence-electron chi connectivity index (χ2n) is 5.69. The molecule has 1 N–H and O–H groups in total. The minimum absolute atomic E-state index is 0.225. The molecule has 0 bridgehead atoms. The smallest absolute Gasteiger partial charge is 0.410 e. The van der Waals surface area contributed by atoms with Crippen LogP contribution in [0.5, 0.6) is 0 Å². The second-order valence-corrected chi connectivity index (χ2v) is 6.55. The van der Waals surface area contributed by atoms with Gasteiger partial charge in [0.25, 0.3) is 0 Å². The highest BCUT2D eigenvalue weighted by Gasteiger charge is 2.39. The van der Waals surface area contributed by atoms with E-state index in [4.69, 9.17) is 9.15 Å². The number of β-amino-alcohol motifs (C(OH)–C–C–N with tert-alkyl or cyclic N) is 1. The van der Waals surface area contributed by atoms with Crippen molar-refractivity contribution < 1.29 is 19.1 Å². The molecular weight excluding hydrogens is 314 g/mol. The predicted molar refractivity (Wildman–Crippen MR) is 73.0 cm³/mol. The molecule has 1 aliphatic rings. The lowest BCUT2D eigenvalue weighted by molar-refractivity contribution is 0.0270. The Balaban J connectivity index is 2.06. The fourth-order valence-electron chi connectivity index (χ4n) is 2.09. The van der Waals surface area contributed by atoms with Gasteiger partial charge in [0, 0.05) is 6.54 Å². The lowest BCUT2D eigenvalue weighted by Crippen LogP contribution is -2.35. The number of amides is 1. The summed E-state index contributed by atoms with van der Waals surface area (Å²) >= 11 is 3.37. The maximum Gasteiger partial charge on any atom is 0.410 e. The SMILES string of the molecule is CC(C)(C)OC(=O)N1C[C@H](c2occc2Br)[C@@H](O)C1. The van der Waals surface area contributed by atoms with E-state index in [-0.39, 0.29) is 12.5 Å². The zero-order chi connectivity index (χ0) is 14.2. The van der Waals surface area contributed by atoms with Crippen molar-refractivity contribution in [3.63, 3.8) is 0 Å². The van der Waals surface area contributed by atoms with Crippen LogP contribution in [0.2, 0.25) is 0 Å². The van der Waals surface area contributed by atoms with Gasteiger partial charge >= 0.3 is 6.09 Å². The van der Waals surface area contributed by atoms with Gasteiger partial charge < -0.3 is 19.2 Å². The third-order valence-electron chi connectivity index (χ3n) is 2.92. The van der Waals surface area contributed by atoms with Crippen molar-refractivity contribution in [1.82, 2.24) is 4.90 Å². The van der Waals surface area contributed by atoms with E-state index in [0.717, 1.165) is 4.47 Å². The maximum atomic E-state index is 12.0. The molecule has 2 heterocycles. The number of halogens is 1. The molecule has 19 heavy (non-hydrogen) atoms. The summed E-state index contributed by atoms with van der Waals surface area (Å²) < 4.78 is 11.5. The summed E-state index contributed by atoms with van der Waals surface area (Å²) in [5.41, 5.74) is -0.536. The van der Waals surface area contributed by atoms with Crippen molar-refractivity contribution >= 4 is 22.0 Å². The molecule has 0 radical (unpaired) electrons. The van der Waals surface area contributed by atoms with Gasteiger partial charge in [0.15, 0.2) is 0 Å². The summed E-state index contributed by atoms with van der Waals surface area (Å²) in [5, 5.41) is 10.1. The minimum Gasteiger partial charge on any atom is -0.468 e. The van der Waals surface area contributed by atoms with Crippen molar-refractivity contribution in [2.75, 3.05) is 13.1 Å². The van der Waals surface area contributed by atoms with Gasteiger partial charge in [0.1, 0.15) is 11.4 Å². The van der Waals surface area contributed by atoms with Crippen LogP contribution in [0.3, 0.4) is 0 Å². The first kappa shape index (κ1) is 14.4. The lowest BCUT2D eigenvalue weighted by Gasteiger charge is -2.24. The zero-order valence-electron chi connectivity index (χ0n) is 11.2. The second kappa shape index (κ2) is 5.17. The Bertz CT molecular complexity index is 465. The number of rotatable bonds is 1. The van der Waals surface area contributed by atoms with Gasteiger partial charge in [-0.3, -0.25) is 0 Å². The first-order valence-electron chi connectivity index (χ1n) is 6.17. The maximum absolute atomic E-state index is 12.0. The van der Waals surface area contributed by atoms with E-state index < -0.39 is 17.8 Å². The normalized spacial score (nSPS) is 23.7. The average Bonchev–Trinajstić information content (AvgIpc) is 2.82.